The minimum absolute atomic E-state index is 0.0682. The van der Waals surface area contributed by atoms with Crippen molar-refractivity contribution in [3.8, 4) is 0 Å². The molecule has 3 rings (SSSR count). The molecule has 1 amide bonds. The Labute approximate surface area is 172 Å². The lowest BCUT2D eigenvalue weighted by Gasteiger charge is -2.35. The topological polar surface area (TPSA) is 69.0 Å². The molecule has 1 aromatic heterocycles. The second kappa shape index (κ2) is 9.95. The molecule has 2 aromatic rings. The molecule has 0 unspecified atom stereocenters. The third kappa shape index (κ3) is 5.49. The number of benzene rings is 1. The molecule has 8 heteroatoms. The quantitative estimate of drug-likeness (QED) is 0.436. The summed E-state index contributed by atoms with van der Waals surface area (Å²) in [6, 6.07) is 10.4. The Hall–Kier alpha value is -3.03. The normalized spacial score (nSPS) is 15.0. The molecule has 1 fully saturated rings. The first-order valence-electron chi connectivity index (χ1n) is 10.2. The lowest BCUT2D eigenvalue weighted by molar-refractivity contribution is -0.120. The van der Waals surface area contributed by atoms with Crippen LogP contribution in [0.15, 0.2) is 47.7 Å². The molecule has 0 atom stereocenters. The molecule has 1 aromatic carbocycles. The number of piperazine rings is 1. The Bertz CT molecular complexity index is 817. The van der Waals surface area contributed by atoms with Crippen molar-refractivity contribution in [2.75, 3.05) is 56.1 Å². The third-order valence-electron chi connectivity index (χ3n) is 4.97. The Kier molecular flexibility index (Phi) is 7.10. The van der Waals surface area contributed by atoms with E-state index >= 15 is 0 Å². The number of para-hydroxylation sites is 1. The fraction of sp³-hybridized carbons (Fsp3) is 0.476. The van der Waals surface area contributed by atoms with Crippen LogP contribution in [0.5, 0.6) is 0 Å². The summed E-state index contributed by atoms with van der Waals surface area (Å²) in [4.78, 5) is 23.5. The summed E-state index contributed by atoms with van der Waals surface area (Å²) in [6.07, 6.45) is 4.55. The first kappa shape index (κ1) is 20.7. The van der Waals surface area contributed by atoms with Crippen molar-refractivity contribution >= 4 is 23.2 Å². The lowest BCUT2D eigenvalue weighted by atomic mass is 10.3. The Morgan fingerprint density at radius 3 is 2.72 bits per heavy atom. The van der Waals surface area contributed by atoms with Gasteiger partial charge in [0.05, 0.1) is 11.9 Å². The summed E-state index contributed by atoms with van der Waals surface area (Å²) in [6.45, 7) is 6.18. The van der Waals surface area contributed by atoms with Crippen LogP contribution in [0, 0.1) is 0 Å². The van der Waals surface area contributed by atoms with Gasteiger partial charge in [-0.15, -0.1) is 0 Å². The molecular formula is C21H31N7O. The van der Waals surface area contributed by atoms with Gasteiger partial charge in [-0.2, -0.15) is 5.10 Å². The molecular weight excluding hydrogens is 366 g/mol. The van der Waals surface area contributed by atoms with Crippen molar-refractivity contribution in [1.29, 1.82) is 0 Å². The number of anilines is 2. The maximum atomic E-state index is 12.7. The van der Waals surface area contributed by atoms with Gasteiger partial charge in [-0.1, -0.05) is 18.2 Å². The van der Waals surface area contributed by atoms with E-state index in [1.54, 1.807) is 15.8 Å². The van der Waals surface area contributed by atoms with Gasteiger partial charge in [0, 0.05) is 58.7 Å². The average molecular weight is 398 g/mol. The van der Waals surface area contributed by atoms with Crippen LogP contribution in [-0.4, -0.2) is 72.9 Å². The van der Waals surface area contributed by atoms with Crippen molar-refractivity contribution in [2.24, 2.45) is 12.0 Å². The summed E-state index contributed by atoms with van der Waals surface area (Å²) in [5.41, 5.74) is 2.06. The highest BCUT2D eigenvalue weighted by atomic mass is 16.2. The van der Waals surface area contributed by atoms with Crippen LogP contribution in [-0.2, 0) is 11.8 Å². The van der Waals surface area contributed by atoms with Crippen LogP contribution in [0.1, 0.15) is 13.3 Å². The van der Waals surface area contributed by atoms with Crippen molar-refractivity contribution in [1.82, 2.24) is 20.0 Å². The monoisotopic (exact) mass is 397 g/mol. The fourth-order valence-electron chi connectivity index (χ4n) is 3.40. The standard InChI is InChI=1S/C21H31N7O/c1-4-22-21(23-11-8-12-25(2)18-9-6-5-7-10-18)27-13-14-28(20(29)17-27)19-15-24-26(3)16-19/h5-7,9-10,15-16H,4,8,11-14,17H2,1-3H3,(H,22,23). The minimum Gasteiger partial charge on any atom is -0.375 e. The molecule has 0 spiro atoms. The van der Waals surface area contributed by atoms with Crippen molar-refractivity contribution in [3.05, 3.63) is 42.7 Å². The predicted octanol–water partition coefficient (Wildman–Crippen LogP) is 1.56. The van der Waals surface area contributed by atoms with Crippen LogP contribution in [0.2, 0.25) is 0 Å². The van der Waals surface area contributed by atoms with E-state index in [1.165, 1.54) is 5.69 Å². The molecule has 156 valence electrons. The highest BCUT2D eigenvalue weighted by Gasteiger charge is 2.27. The van der Waals surface area contributed by atoms with Crippen molar-refractivity contribution in [3.63, 3.8) is 0 Å². The summed E-state index contributed by atoms with van der Waals surface area (Å²) >= 11 is 0. The van der Waals surface area contributed by atoms with Gasteiger partial charge in [-0.25, -0.2) is 0 Å². The van der Waals surface area contributed by atoms with E-state index in [-0.39, 0.29) is 5.91 Å². The predicted molar refractivity (Wildman–Crippen MR) is 117 cm³/mol. The van der Waals surface area contributed by atoms with E-state index in [0.717, 1.165) is 44.2 Å². The number of carbonyl (C=O) groups excluding carboxylic acids is 1. The molecule has 29 heavy (non-hydrogen) atoms. The Balaban J connectivity index is 1.53. The van der Waals surface area contributed by atoms with Gasteiger partial charge in [-0.05, 0) is 25.5 Å². The van der Waals surface area contributed by atoms with E-state index in [4.69, 9.17) is 4.99 Å². The number of aryl methyl sites for hydroxylation is 1. The van der Waals surface area contributed by atoms with Crippen molar-refractivity contribution in [2.45, 2.75) is 13.3 Å². The van der Waals surface area contributed by atoms with E-state index < -0.39 is 0 Å². The third-order valence-corrected chi connectivity index (χ3v) is 4.97. The number of nitrogens with zero attached hydrogens (tertiary/aromatic N) is 6. The molecule has 0 aliphatic carbocycles. The Morgan fingerprint density at radius 2 is 2.07 bits per heavy atom. The fourth-order valence-corrected chi connectivity index (χ4v) is 3.40. The average Bonchev–Trinajstić information content (AvgIpc) is 3.16. The maximum absolute atomic E-state index is 12.7. The lowest BCUT2D eigenvalue weighted by Crippen LogP contribution is -2.55. The Morgan fingerprint density at radius 1 is 1.28 bits per heavy atom. The van der Waals surface area contributed by atoms with E-state index in [9.17, 15) is 4.79 Å². The number of carbonyl (C=O) groups is 1. The number of guanidine groups is 1. The van der Waals surface area contributed by atoms with Crippen molar-refractivity contribution < 1.29 is 4.79 Å². The number of amides is 1. The van der Waals surface area contributed by atoms with Gasteiger partial charge in [0.1, 0.15) is 6.54 Å². The summed E-state index contributed by atoms with van der Waals surface area (Å²) < 4.78 is 1.72. The van der Waals surface area contributed by atoms with Crippen LogP contribution in [0.4, 0.5) is 11.4 Å². The minimum atomic E-state index is 0.0682. The molecule has 0 radical (unpaired) electrons. The number of aromatic nitrogens is 2. The van der Waals surface area contributed by atoms with Crippen LogP contribution >= 0.6 is 0 Å². The second-order valence-corrected chi connectivity index (χ2v) is 7.19. The summed E-state index contributed by atoms with van der Waals surface area (Å²) in [7, 11) is 3.95. The largest absolute Gasteiger partial charge is 0.375 e. The summed E-state index contributed by atoms with van der Waals surface area (Å²) in [5, 5.41) is 7.49. The molecule has 0 saturated carbocycles. The molecule has 1 aliphatic heterocycles. The van der Waals surface area contributed by atoms with E-state index in [1.807, 2.05) is 31.1 Å². The number of nitrogens with one attached hydrogen (secondary N) is 1. The summed E-state index contributed by atoms with van der Waals surface area (Å²) in [5.74, 6) is 0.882. The van der Waals surface area contributed by atoms with E-state index in [2.05, 4.69) is 46.6 Å². The van der Waals surface area contributed by atoms with Gasteiger partial charge in [0.25, 0.3) is 0 Å². The number of hydrogen-bond acceptors (Lipinski definition) is 4. The van der Waals surface area contributed by atoms with Gasteiger partial charge in [0.15, 0.2) is 5.96 Å². The first-order chi connectivity index (χ1) is 14.1. The SMILES string of the molecule is CCNC(=NCCCN(C)c1ccccc1)N1CCN(c2cnn(C)c2)C(=O)C1. The zero-order valence-electron chi connectivity index (χ0n) is 17.6. The molecule has 1 aliphatic rings. The van der Waals surface area contributed by atoms with Crippen LogP contribution in [0.3, 0.4) is 0 Å². The zero-order chi connectivity index (χ0) is 20.6. The smallest absolute Gasteiger partial charge is 0.246 e. The highest BCUT2D eigenvalue weighted by molar-refractivity contribution is 5.98. The van der Waals surface area contributed by atoms with Gasteiger partial charge in [0.2, 0.25) is 5.91 Å². The van der Waals surface area contributed by atoms with Gasteiger partial charge in [-0.3, -0.25) is 14.5 Å². The number of aliphatic imine (C=N–C) groups is 1. The molecule has 1 saturated heterocycles. The first-order valence-corrected chi connectivity index (χ1v) is 10.2. The van der Waals surface area contributed by atoms with Gasteiger partial charge >= 0.3 is 0 Å². The highest BCUT2D eigenvalue weighted by Crippen LogP contribution is 2.16. The van der Waals surface area contributed by atoms with Crippen LogP contribution in [0.25, 0.3) is 0 Å². The van der Waals surface area contributed by atoms with E-state index in [0.29, 0.717) is 13.1 Å². The number of rotatable bonds is 7. The van der Waals surface area contributed by atoms with Gasteiger partial charge < -0.3 is 20.0 Å². The number of hydrogen-bond donors (Lipinski definition) is 1. The molecule has 1 N–H and O–H groups in total. The molecule has 2 heterocycles. The zero-order valence-corrected chi connectivity index (χ0v) is 17.6. The second-order valence-electron chi connectivity index (χ2n) is 7.19. The maximum Gasteiger partial charge on any atom is 0.246 e. The molecule has 8 nitrogen and oxygen atoms in total. The molecule has 0 bridgehead atoms. The van der Waals surface area contributed by atoms with Crippen LogP contribution < -0.4 is 15.1 Å².